The Morgan fingerprint density at radius 3 is 2.12 bits per heavy atom. The fourth-order valence-electron chi connectivity index (χ4n) is 1.80. The van der Waals surface area contributed by atoms with Gasteiger partial charge in [0.1, 0.15) is 0 Å². The van der Waals surface area contributed by atoms with E-state index >= 15 is 0 Å². The monoisotopic (exact) mass is 226 g/mol. The van der Waals surface area contributed by atoms with Gasteiger partial charge in [0.2, 0.25) is 0 Å². The molecule has 0 aromatic carbocycles. The average Bonchev–Trinajstić information content (AvgIpc) is 3.11. The first-order chi connectivity index (χ1) is 7.56. The summed E-state index contributed by atoms with van der Waals surface area (Å²) in [6.45, 7) is 13.4. The maximum atomic E-state index is 3.97. The number of rotatable bonds is 6. The maximum Gasteiger partial charge on any atom is 0.0327 e. The molecule has 0 heterocycles. The summed E-state index contributed by atoms with van der Waals surface area (Å²) in [5, 5.41) is 0. The summed E-state index contributed by atoms with van der Waals surface area (Å²) in [6, 6.07) is 1.54. The molecule has 1 aliphatic rings. The third-order valence-corrected chi connectivity index (χ3v) is 3.31. The molecule has 0 N–H and O–H groups in total. The van der Waals surface area contributed by atoms with Crippen molar-refractivity contribution in [1.29, 1.82) is 0 Å². The van der Waals surface area contributed by atoms with Gasteiger partial charge in [-0.1, -0.05) is 27.4 Å². The second kappa shape index (κ2) is 7.72. The van der Waals surface area contributed by atoms with Crippen LogP contribution in [0.15, 0.2) is 12.3 Å². The van der Waals surface area contributed by atoms with E-state index in [4.69, 9.17) is 0 Å². The van der Waals surface area contributed by atoms with E-state index in [9.17, 15) is 0 Å². The van der Waals surface area contributed by atoms with Crippen LogP contribution in [0.25, 0.3) is 0 Å². The predicted octanol–water partition coefficient (Wildman–Crippen LogP) is 3.35. The minimum atomic E-state index is 0.684. The van der Waals surface area contributed by atoms with Gasteiger partial charge >= 0.3 is 0 Å². The third kappa shape index (κ3) is 5.02. The zero-order chi connectivity index (χ0) is 12.7. The Hall–Kier alpha value is -0.500. The van der Waals surface area contributed by atoms with Crippen molar-refractivity contribution < 1.29 is 0 Å². The Morgan fingerprint density at radius 1 is 1.31 bits per heavy atom. The highest BCUT2D eigenvalue weighted by atomic mass is 15.2. The SMILES string of the molecule is C=C(C)N(C)CC(CC)N(C)C1CC1.CC. The first-order valence-electron chi connectivity index (χ1n) is 6.64. The van der Waals surface area contributed by atoms with E-state index in [0.717, 1.165) is 18.3 Å². The van der Waals surface area contributed by atoms with E-state index in [-0.39, 0.29) is 0 Å². The molecule has 1 fully saturated rings. The number of nitrogens with zero attached hydrogens (tertiary/aromatic N) is 2. The van der Waals surface area contributed by atoms with Crippen LogP contribution in [0.5, 0.6) is 0 Å². The molecule has 1 aliphatic carbocycles. The van der Waals surface area contributed by atoms with Crippen molar-refractivity contribution in [2.75, 3.05) is 20.6 Å². The summed E-state index contributed by atoms with van der Waals surface area (Å²) in [7, 11) is 4.39. The quantitative estimate of drug-likeness (QED) is 0.685. The van der Waals surface area contributed by atoms with Crippen molar-refractivity contribution in [2.45, 2.75) is 59.0 Å². The van der Waals surface area contributed by atoms with Crippen LogP contribution in [0.1, 0.15) is 47.0 Å². The van der Waals surface area contributed by atoms with Crippen molar-refractivity contribution in [3.05, 3.63) is 12.3 Å². The second-order valence-corrected chi connectivity index (χ2v) is 4.57. The van der Waals surface area contributed by atoms with E-state index in [2.05, 4.69) is 44.3 Å². The zero-order valence-electron chi connectivity index (χ0n) is 12.1. The molecule has 0 bridgehead atoms. The lowest BCUT2D eigenvalue weighted by Gasteiger charge is -2.32. The van der Waals surface area contributed by atoms with Crippen LogP contribution in [0, 0.1) is 0 Å². The van der Waals surface area contributed by atoms with Crippen LogP contribution in [0.3, 0.4) is 0 Å². The Morgan fingerprint density at radius 2 is 1.81 bits per heavy atom. The molecule has 2 heteroatoms. The third-order valence-electron chi connectivity index (χ3n) is 3.31. The molecule has 1 rings (SSSR count). The van der Waals surface area contributed by atoms with Crippen molar-refractivity contribution in [3.63, 3.8) is 0 Å². The summed E-state index contributed by atoms with van der Waals surface area (Å²) < 4.78 is 0. The number of likely N-dealkylation sites (N-methyl/N-ethyl adjacent to an activating group) is 2. The molecule has 96 valence electrons. The number of allylic oxidation sites excluding steroid dienone is 1. The maximum absolute atomic E-state index is 3.97. The summed E-state index contributed by atoms with van der Waals surface area (Å²) in [5.74, 6) is 0. The van der Waals surface area contributed by atoms with Crippen LogP contribution < -0.4 is 0 Å². The number of hydrogen-bond acceptors (Lipinski definition) is 2. The highest BCUT2D eigenvalue weighted by Gasteiger charge is 2.30. The standard InChI is InChI=1S/C12H24N2.C2H6/c1-6-11(9-13(4)10(2)3)14(5)12-7-8-12;1-2/h11-12H,2,6-9H2,1,3-5H3;1-2H3. The largest absolute Gasteiger partial charge is 0.377 e. The van der Waals surface area contributed by atoms with Gasteiger partial charge in [-0.05, 0) is 33.2 Å². The molecule has 0 aromatic heterocycles. The molecule has 0 saturated heterocycles. The topological polar surface area (TPSA) is 6.48 Å². The summed E-state index contributed by atoms with van der Waals surface area (Å²) in [4.78, 5) is 4.80. The molecule has 0 aliphatic heterocycles. The molecular weight excluding hydrogens is 196 g/mol. The van der Waals surface area contributed by atoms with Gasteiger partial charge in [0.15, 0.2) is 0 Å². The normalized spacial score (nSPS) is 16.4. The smallest absolute Gasteiger partial charge is 0.0327 e. The molecule has 1 saturated carbocycles. The molecule has 0 radical (unpaired) electrons. The Kier molecular flexibility index (Phi) is 7.48. The Balaban J connectivity index is 0.00000106. The predicted molar refractivity (Wildman–Crippen MR) is 73.7 cm³/mol. The minimum Gasteiger partial charge on any atom is -0.377 e. The van der Waals surface area contributed by atoms with Gasteiger partial charge in [0.25, 0.3) is 0 Å². The lowest BCUT2D eigenvalue weighted by molar-refractivity contribution is 0.185. The summed E-state index contributed by atoms with van der Waals surface area (Å²) in [5.41, 5.74) is 1.16. The van der Waals surface area contributed by atoms with Crippen LogP contribution in [-0.2, 0) is 0 Å². The van der Waals surface area contributed by atoms with Crippen LogP contribution in [0.2, 0.25) is 0 Å². The lowest BCUT2D eigenvalue weighted by Crippen LogP contribution is -2.41. The van der Waals surface area contributed by atoms with Gasteiger partial charge in [0, 0.05) is 31.4 Å². The highest BCUT2D eigenvalue weighted by Crippen LogP contribution is 2.28. The van der Waals surface area contributed by atoms with Gasteiger partial charge in [0.05, 0.1) is 0 Å². The second-order valence-electron chi connectivity index (χ2n) is 4.57. The first kappa shape index (κ1) is 15.5. The molecule has 1 unspecified atom stereocenters. The summed E-state index contributed by atoms with van der Waals surface area (Å²) >= 11 is 0. The van der Waals surface area contributed by atoms with Crippen LogP contribution >= 0.6 is 0 Å². The molecular formula is C14H30N2. The molecule has 2 nitrogen and oxygen atoms in total. The first-order valence-corrected chi connectivity index (χ1v) is 6.64. The zero-order valence-corrected chi connectivity index (χ0v) is 12.1. The van der Waals surface area contributed by atoms with E-state index in [1.165, 1.54) is 19.3 Å². The van der Waals surface area contributed by atoms with Gasteiger partial charge in [-0.2, -0.15) is 0 Å². The molecule has 0 aromatic rings. The van der Waals surface area contributed by atoms with Gasteiger partial charge in [-0.3, -0.25) is 4.90 Å². The van der Waals surface area contributed by atoms with Gasteiger partial charge < -0.3 is 4.90 Å². The van der Waals surface area contributed by atoms with Gasteiger partial charge in [-0.25, -0.2) is 0 Å². The summed E-state index contributed by atoms with van der Waals surface area (Å²) in [6.07, 6.45) is 4.01. The Labute approximate surface area is 102 Å². The van der Waals surface area contributed by atoms with E-state index < -0.39 is 0 Å². The Bertz CT molecular complexity index is 197. The lowest BCUT2D eigenvalue weighted by atomic mass is 10.2. The van der Waals surface area contributed by atoms with Crippen LogP contribution in [-0.4, -0.2) is 42.5 Å². The van der Waals surface area contributed by atoms with Crippen molar-refractivity contribution in [3.8, 4) is 0 Å². The fraction of sp³-hybridized carbons (Fsp3) is 0.857. The number of hydrogen-bond donors (Lipinski definition) is 0. The molecule has 0 spiro atoms. The molecule has 0 amide bonds. The van der Waals surface area contributed by atoms with E-state index in [1.807, 2.05) is 13.8 Å². The van der Waals surface area contributed by atoms with Crippen molar-refractivity contribution in [2.24, 2.45) is 0 Å². The van der Waals surface area contributed by atoms with Crippen LogP contribution in [0.4, 0.5) is 0 Å². The van der Waals surface area contributed by atoms with E-state index in [1.54, 1.807) is 0 Å². The molecule has 1 atom stereocenters. The van der Waals surface area contributed by atoms with Crippen molar-refractivity contribution >= 4 is 0 Å². The van der Waals surface area contributed by atoms with Crippen molar-refractivity contribution in [1.82, 2.24) is 9.80 Å². The van der Waals surface area contributed by atoms with E-state index in [0.29, 0.717) is 6.04 Å². The fourth-order valence-corrected chi connectivity index (χ4v) is 1.80. The minimum absolute atomic E-state index is 0.684. The average molecular weight is 226 g/mol. The van der Waals surface area contributed by atoms with Gasteiger partial charge in [-0.15, -0.1) is 0 Å². The molecule has 16 heavy (non-hydrogen) atoms. The highest BCUT2D eigenvalue weighted by molar-refractivity contribution is 4.91.